The fraction of sp³-hybridized carbons (Fsp3) is 0.667. The van der Waals surface area contributed by atoms with Crippen molar-refractivity contribution in [1.82, 2.24) is 9.80 Å². The second-order valence-corrected chi connectivity index (χ2v) is 9.12. The number of hydrogen-bond donors (Lipinski definition) is 0. The number of rotatable bonds is 0. The highest BCUT2D eigenvalue weighted by Crippen LogP contribution is 2.38. The van der Waals surface area contributed by atoms with Crippen LogP contribution in [0.4, 0.5) is 0 Å². The Morgan fingerprint density at radius 3 is 2.67 bits per heavy atom. The van der Waals surface area contributed by atoms with Crippen LogP contribution >= 0.6 is 0 Å². The van der Waals surface area contributed by atoms with E-state index in [4.69, 9.17) is 9.47 Å². The Kier molecular flexibility index (Phi) is 6.61. The summed E-state index contributed by atoms with van der Waals surface area (Å²) < 4.78 is 12.3. The van der Waals surface area contributed by atoms with Crippen LogP contribution < -0.4 is 4.74 Å². The standard InChI is InChI=1S/C24H34N2O4/c1-19(27)25-14-11-24(12-15-25)10-4-5-16-29-17-20-7-6-13-26(20)23(28)21-8-2-3-9-22(21)30-18-24/h2-3,8-9,20H,4-7,10-18H2,1H3/t20-/m0/s1. The molecule has 0 bridgehead atoms. The van der Waals surface area contributed by atoms with Gasteiger partial charge in [0, 0.05) is 38.6 Å². The summed E-state index contributed by atoms with van der Waals surface area (Å²) in [6, 6.07) is 7.80. The predicted molar refractivity (Wildman–Crippen MR) is 115 cm³/mol. The van der Waals surface area contributed by atoms with Crippen LogP contribution in [0.1, 0.15) is 62.2 Å². The summed E-state index contributed by atoms with van der Waals surface area (Å²) in [5.74, 6) is 0.880. The number of fused-ring (bicyclic) bond motifs is 2. The van der Waals surface area contributed by atoms with Crippen LogP contribution in [0.5, 0.6) is 5.75 Å². The van der Waals surface area contributed by atoms with Crippen molar-refractivity contribution >= 4 is 11.8 Å². The van der Waals surface area contributed by atoms with Crippen LogP contribution in [0, 0.1) is 5.41 Å². The van der Waals surface area contributed by atoms with Gasteiger partial charge in [0.1, 0.15) is 5.75 Å². The molecule has 0 unspecified atom stereocenters. The van der Waals surface area contributed by atoms with Crippen molar-refractivity contribution in [3.8, 4) is 5.75 Å². The molecule has 1 aromatic rings. The molecule has 1 atom stereocenters. The Hall–Kier alpha value is -2.08. The normalized spacial score (nSPS) is 25.2. The van der Waals surface area contributed by atoms with E-state index in [1.165, 1.54) is 0 Å². The molecule has 0 radical (unpaired) electrons. The lowest BCUT2D eigenvalue weighted by atomic mass is 9.75. The van der Waals surface area contributed by atoms with E-state index in [1.54, 1.807) is 6.92 Å². The molecule has 2 fully saturated rings. The molecule has 4 rings (SSSR count). The quantitative estimate of drug-likeness (QED) is 0.652. The Morgan fingerprint density at radius 2 is 1.87 bits per heavy atom. The van der Waals surface area contributed by atoms with Gasteiger partial charge in [-0.25, -0.2) is 0 Å². The highest BCUT2D eigenvalue weighted by atomic mass is 16.5. The van der Waals surface area contributed by atoms with E-state index < -0.39 is 0 Å². The monoisotopic (exact) mass is 414 g/mol. The molecule has 0 saturated carbocycles. The SMILES string of the molecule is CC(=O)N1CCC2(CCCCOC[C@@H]3CCCN3C(=O)c3ccccc3OC2)CC1. The summed E-state index contributed by atoms with van der Waals surface area (Å²) in [6.45, 7) is 5.95. The summed E-state index contributed by atoms with van der Waals surface area (Å²) in [4.78, 5) is 29.0. The summed E-state index contributed by atoms with van der Waals surface area (Å²) in [6.07, 6.45) is 7.10. The third-order valence-electron chi connectivity index (χ3n) is 7.11. The largest absolute Gasteiger partial charge is 0.492 e. The number of piperidine rings is 1. The van der Waals surface area contributed by atoms with E-state index in [1.807, 2.05) is 34.1 Å². The number of hydrogen-bond acceptors (Lipinski definition) is 4. The number of benzene rings is 1. The Bertz CT molecular complexity index is 757. The summed E-state index contributed by atoms with van der Waals surface area (Å²) in [5.41, 5.74) is 0.695. The second kappa shape index (κ2) is 9.38. The molecule has 0 aliphatic carbocycles. The maximum atomic E-state index is 13.3. The number of likely N-dealkylation sites (tertiary alicyclic amines) is 1. The molecule has 3 aliphatic heterocycles. The lowest BCUT2D eigenvalue weighted by Gasteiger charge is -2.41. The molecule has 30 heavy (non-hydrogen) atoms. The molecule has 6 nitrogen and oxygen atoms in total. The van der Waals surface area contributed by atoms with E-state index >= 15 is 0 Å². The van der Waals surface area contributed by atoms with Crippen LogP contribution in [0.15, 0.2) is 24.3 Å². The van der Waals surface area contributed by atoms with E-state index in [9.17, 15) is 9.59 Å². The molecule has 0 N–H and O–H groups in total. The van der Waals surface area contributed by atoms with Crippen molar-refractivity contribution in [2.45, 2.75) is 57.9 Å². The minimum absolute atomic E-state index is 0.0441. The number of carbonyl (C=O) groups is 2. The Labute approximate surface area is 179 Å². The van der Waals surface area contributed by atoms with Gasteiger partial charge in [0.25, 0.3) is 5.91 Å². The molecular formula is C24H34N2O4. The minimum Gasteiger partial charge on any atom is -0.492 e. The van der Waals surface area contributed by atoms with Crippen LogP contribution in [0.3, 0.4) is 0 Å². The molecule has 2 amide bonds. The molecule has 6 heteroatoms. The highest BCUT2D eigenvalue weighted by Gasteiger charge is 2.37. The van der Waals surface area contributed by atoms with Gasteiger partial charge in [0.05, 0.1) is 24.8 Å². The smallest absolute Gasteiger partial charge is 0.257 e. The molecule has 1 spiro atoms. The summed E-state index contributed by atoms with van der Waals surface area (Å²) in [7, 11) is 0. The van der Waals surface area contributed by atoms with Gasteiger partial charge in [-0.1, -0.05) is 18.6 Å². The maximum absolute atomic E-state index is 13.3. The van der Waals surface area contributed by atoms with E-state index in [2.05, 4.69) is 0 Å². The number of ether oxygens (including phenoxy) is 2. The van der Waals surface area contributed by atoms with Crippen molar-refractivity contribution < 1.29 is 19.1 Å². The molecule has 3 aliphatic rings. The topological polar surface area (TPSA) is 59.1 Å². The molecule has 3 heterocycles. The van der Waals surface area contributed by atoms with Crippen molar-refractivity contribution in [1.29, 1.82) is 0 Å². The first-order valence-corrected chi connectivity index (χ1v) is 11.4. The first kappa shape index (κ1) is 21.2. The number of amides is 2. The van der Waals surface area contributed by atoms with Crippen LogP contribution in [0.25, 0.3) is 0 Å². The summed E-state index contributed by atoms with van der Waals surface area (Å²) in [5, 5.41) is 0. The van der Waals surface area contributed by atoms with Gasteiger partial charge in [0.15, 0.2) is 0 Å². The van der Waals surface area contributed by atoms with Gasteiger partial charge in [-0.15, -0.1) is 0 Å². The molecule has 2 saturated heterocycles. The Morgan fingerprint density at radius 1 is 1.07 bits per heavy atom. The fourth-order valence-electron chi connectivity index (χ4n) is 5.12. The number of nitrogens with zero attached hydrogens (tertiary/aromatic N) is 2. The maximum Gasteiger partial charge on any atom is 0.257 e. The van der Waals surface area contributed by atoms with Gasteiger partial charge < -0.3 is 19.3 Å². The van der Waals surface area contributed by atoms with Crippen molar-refractivity contribution in [3.05, 3.63) is 29.8 Å². The second-order valence-electron chi connectivity index (χ2n) is 9.12. The molecule has 1 aromatic carbocycles. The van der Waals surface area contributed by atoms with E-state index in [0.29, 0.717) is 24.5 Å². The molecule has 164 valence electrons. The zero-order valence-corrected chi connectivity index (χ0v) is 18.1. The fourth-order valence-corrected chi connectivity index (χ4v) is 5.12. The van der Waals surface area contributed by atoms with E-state index in [0.717, 1.165) is 71.2 Å². The zero-order chi connectivity index (χ0) is 21.0. The zero-order valence-electron chi connectivity index (χ0n) is 18.1. The first-order chi connectivity index (χ1) is 14.6. The van der Waals surface area contributed by atoms with Crippen LogP contribution in [-0.4, -0.2) is 67.1 Å². The molecule has 0 aromatic heterocycles. The van der Waals surface area contributed by atoms with Gasteiger partial charge in [-0.3, -0.25) is 9.59 Å². The average Bonchev–Trinajstić information content (AvgIpc) is 3.23. The van der Waals surface area contributed by atoms with Crippen molar-refractivity contribution in [2.75, 3.05) is 39.5 Å². The van der Waals surface area contributed by atoms with Gasteiger partial charge >= 0.3 is 0 Å². The number of carbonyl (C=O) groups excluding carboxylic acids is 2. The number of para-hydroxylation sites is 1. The van der Waals surface area contributed by atoms with Gasteiger partial charge in [-0.2, -0.15) is 0 Å². The van der Waals surface area contributed by atoms with Crippen LogP contribution in [-0.2, 0) is 9.53 Å². The summed E-state index contributed by atoms with van der Waals surface area (Å²) >= 11 is 0. The predicted octanol–water partition coefficient (Wildman–Crippen LogP) is 3.50. The van der Waals surface area contributed by atoms with Crippen molar-refractivity contribution in [3.63, 3.8) is 0 Å². The highest BCUT2D eigenvalue weighted by molar-refractivity contribution is 5.97. The third-order valence-corrected chi connectivity index (χ3v) is 7.11. The minimum atomic E-state index is 0.0441. The van der Waals surface area contributed by atoms with Gasteiger partial charge in [-0.05, 0) is 50.7 Å². The molecular weight excluding hydrogens is 380 g/mol. The Balaban J connectivity index is 1.55. The third kappa shape index (κ3) is 4.64. The first-order valence-electron chi connectivity index (χ1n) is 11.4. The van der Waals surface area contributed by atoms with Crippen LogP contribution in [0.2, 0.25) is 0 Å². The lowest BCUT2D eigenvalue weighted by Crippen LogP contribution is -2.45. The lowest BCUT2D eigenvalue weighted by molar-refractivity contribution is -0.131. The van der Waals surface area contributed by atoms with Gasteiger partial charge in [0.2, 0.25) is 5.91 Å². The van der Waals surface area contributed by atoms with E-state index in [-0.39, 0.29) is 23.3 Å². The average molecular weight is 415 g/mol. The van der Waals surface area contributed by atoms with Crippen molar-refractivity contribution in [2.24, 2.45) is 5.41 Å².